The molecule has 0 unspecified atom stereocenters. The lowest BCUT2D eigenvalue weighted by molar-refractivity contribution is 0.636. The van der Waals surface area contributed by atoms with Crippen molar-refractivity contribution in [2.75, 3.05) is 0 Å². The van der Waals surface area contributed by atoms with Crippen LogP contribution in [0.4, 0.5) is 0 Å². The number of thiocarbonyl (C=S) groups is 1. The first-order chi connectivity index (χ1) is 11.6. The normalized spacial score (nSPS) is 10.6. The second-order valence-corrected chi connectivity index (χ2v) is 6.21. The number of benzene rings is 2. The Kier molecular flexibility index (Phi) is 4.67. The molecule has 0 aliphatic heterocycles. The largest absolute Gasteiger partial charge is 0.268 e. The molecule has 0 aliphatic rings. The average molecular weight is 334 g/mol. The van der Waals surface area contributed by atoms with Gasteiger partial charge in [0.1, 0.15) is 0 Å². The molecule has 3 rings (SSSR count). The molecular formula is C20H18N2OS. The van der Waals surface area contributed by atoms with Crippen LogP contribution in [0.15, 0.2) is 65.6 Å². The van der Waals surface area contributed by atoms with Crippen molar-refractivity contribution in [2.45, 2.75) is 20.4 Å². The Labute approximate surface area is 146 Å². The number of nitrogens with zero attached hydrogens (tertiary/aromatic N) is 2. The van der Waals surface area contributed by atoms with Crippen LogP contribution >= 0.6 is 12.2 Å². The molecule has 24 heavy (non-hydrogen) atoms. The lowest BCUT2D eigenvalue weighted by Gasteiger charge is -2.13. The molecule has 1 aromatic heterocycles. The number of rotatable bonds is 4. The van der Waals surface area contributed by atoms with E-state index in [1.165, 1.54) is 16.3 Å². The predicted octanol–water partition coefficient (Wildman–Crippen LogP) is 3.67. The number of aromatic nitrogens is 2. The van der Waals surface area contributed by atoms with Gasteiger partial charge in [-0.1, -0.05) is 60.2 Å². The van der Waals surface area contributed by atoms with Crippen molar-refractivity contribution < 1.29 is 0 Å². The first-order valence-corrected chi connectivity index (χ1v) is 8.19. The summed E-state index contributed by atoms with van der Waals surface area (Å²) in [6.07, 6.45) is 1.62. The molecule has 0 fully saturated rings. The molecule has 0 saturated carbocycles. The summed E-state index contributed by atoms with van der Waals surface area (Å²) in [5.41, 5.74) is 5.29. The molecule has 0 bridgehead atoms. The third-order valence-corrected chi connectivity index (χ3v) is 4.57. The van der Waals surface area contributed by atoms with Gasteiger partial charge in [0.05, 0.1) is 11.4 Å². The molecule has 0 radical (unpaired) electrons. The zero-order valence-corrected chi connectivity index (χ0v) is 14.5. The summed E-state index contributed by atoms with van der Waals surface area (Å²) in [6.45, 7) is 4.54. The van der Waals surface area contributed by atoms with E-state index in [0.29, 0.717) is 6.54 Å². The van der Waals surface area contributed by atoms with E-state index in [1.54, 1.807) is 12.3 Å². The summed E-state index contributed by atoms with van der Waals surface area (Å²) in [5.74, 6) is 0. The Bertz CT molecular complexity index is 942. The smallest absolute Gasteiger partial charge is 0.267 e. The molecule has 0 aliphatic carbocycles. The summed E-state index contributed by atoms with van der Waals surface area (Å²) in [7, 11) is 0. The van der Waals surface area contributed by atoms with Crippen LogP contribution in [-0.4, -0.2) is 14.6 Å². The van der Waals surface area contributed by atoms with Gasteiger partial charge in [0.15, 0.2) is 0 Å². The highest BCUT2D eigenvalue weighted by Crippen LogP contribution is 2.19. The van der Waals surface area contributed by atoms with E-state index in [1.807, 2.05) is 37.3 Å². The second-order valence-electron chi connectivity index (χ2n) is 5.80. The second kappa shape index (κ2) is 6.89. The van der Waals surface area contributed by atoms with Gasteiger partial charge < -0.3 is 0 Å². The molecule has 3 aromatic rings. The molecule has 2 aromatic carbocycles. The maximum atomic E-state index is 11.9. The molecule has 120 valence electrons. The lowest BCUT2D eigenvalue weighted by atomic mass is 9.96. The molecule has 0 saturated heterocycles. The van der Waals surface area contributed by atoms with Gasteiger partial charge in [-0.05, 0) is 42.2 Å². The van der Waals surface area contributed by atoms with E-state index in [0.717, 1.165) is 27.1 Å². The van der Waals surface area contributed by atoms with Gasteiger partial charge in [0, 0.05) is 12.3 Å². The molecule has 0 amide bonds. The first kappa shape index (κ1) is 16.3. The Morgan fingerprint density at radius 2 is 1.79 bits per heavy atom. The molecule has 0 atom stereocenters. The Morgan fingerprint density at radius 1 is 1.04 bits per heavy atom. The molecule has 0 N–H and O–H groups in total. The van der Waals surface area contributed by atoms with Gasteiger partial charge in [0.25, 0.3) is 5.56 Å². The van der Waals surface area contributed by atoms with E-state index < -0.39 is 0 Å². The first-order valence-electron chi connectivity index (χ1n) is 7.78. The van der Waals surface area contributed by atoms with Crippen molar-refractivity contribution in [3.8, 4) is 0 Å². The molecule has 4 heteroatoms. The van der Waals surface area contributed by atoms with E-state index in [2.05, 4.69) is 24.2 Å². The van der Waals surface area contributed by atoms with E-state index in [9.17, 15) is 4.79 Å². The molecule has 0 spiro atoms. The van der Waals surface area contributed by atoms with Crippen molar-refractivity contribution in [1.29, 1.82) is 0 Å². The van der Waals surface area contributed by atoms with Crippen LogP contribution < -0.4 is 5.56 Å². The molecule has 3 nitrogen and oxygen atoms in total. The summed E-state index contributed by atoms with van der Waals surface area (Å²) in [4.78, 5) is 12.7. The van der Waals surface area contributed by atoms with Crippen molar-refractivity contribution in [3.05, 3.63) is 99.0 Å². The molecule has 1 heterocycles. The zero-order chi connectivity index (χ0) is 17.1. The van der Waals surface area contributed by atoms with Crippen molar-refractivity contribution in [1.82, 2.24) is 9.78 Å². The fraction of sp³-hybridized carbons (Fsp3) is 0.150. The van der Waals surface area contributed by atoms with Gasteiger partial charge >= 0.3 is 0 Å². The Balaban J connectivity index is 1.96. The average Bonchev–Trinajstić information content (AvgIpc) is 2.59. The van der Waals surface area contributed by atoms with Gasteiger partial charge in [-0.2, -0.15) is 5.10 Å². The zero-order valence-electron chi connectivity index (χ0n) is 13.7. The minimum absolute atomic E-state index is 0.108. The highest BCUT2D eigenvalue weighted by molar-refractivity contribution is 7.81. The van der Waals surface area contributed by atoms with E-state index in [-0.39, 0.29) is 5.56 Å². The highest BCUT2D eigenvalue weighted by atomic mass is 32.1. The van der Waals surface area contributed by atoms with Crippen LogP contribution in [0.3, 0.4) is 0 Å². The summed E-state index contributed by atoms with van der Waals surface area (Å²) >= 11 is 5.68. The van der Waals surface area contributed by atoms with Gasteiger partial charge in [0.2, 0.25) is 0 Å². The standard InChI is InChI=1S/C20H18N2OS/c1-14-8-10-16(11-9-14)20(24)18-6-3-5-17(15(18)2)13-22-19(23)7-4-12-21-22/h3-12H,13H2,1-2H3. The topological polar surface area (TPSA) is 34.9 Å². The molecular weight excluding hydrogens is 316 g/mol. The third-order valence-electron chi connectivity index (χ3n) is 4.11. The van der Waals surface area contributed by atoms with Gasteiger partial charge in [-0.15, -0.1) is 0 Å². The van der Waals surface area contributed by atoms with Crippen LogP contribution in [0.1, 0.15) is 27.8 Å². The maximum Gasteiger partial charge on any atom is 0.267 e. The number of hydrogen-bond acceptors (Lipinski definition) is 3. The predicted molar refractivity (Wildman–Crippen MR) is 101 cm³/mol. The van der Waals surface area contributed by atoms with Crippen molar-refractivity contribution >= 4 is 17.1 Å². The monoisotopic (exact) mass is 334 g/mol. The van der Waals surface area contributed by atoms with Crippen LogP contribution in [0.25, 0.3) is 0 Å². The minimum atomic E-state index is -0.108. The fourth-order valence-electron chi connectivity index (χ4n) is 2.63. The lowest BCUT2D eigenvalue weighted by Crippen LogP contribution is -2.22. The van der Waals surface area contributed by atoms with Gasteiger partial charge in [-0.3, -0.25) is 4.79 Å². The quantitative estimate of drug-likeness (QED) is 0.539. The van der Waals surface area contributed by atoms with Gasteiger partial charge in [-0.25, -0.2) is 4.68 Å². The van der Waals surface area contributed by atoms with Crippen molar-refractivity contribution in [3.63, 3.8) is 0 Å². The van der Waals surface area contributed by atoms with Crippen LogP contribution in [0, 0.1) is 13.8 Å². The van der Waals surface area contributed by atoms with Crippen LogP contribution in [0.5, 0.6) is 0 Å². The summed E-state index contributed by atoms with van der Waals surface area (Å²) in [5, 5.41) is 4.13. The highest BCUT2D eigenvalue weighted by Gasteiger charge is 2.11. The maximum absolute atomic E-state index is 11.9. The number of hydrogen-bond donors (Lipinski definition) is 0. The van der Waals surface area contributed by atoms with Crippen molar-refractivity contribution in [2.24, 2.45) is 0 Å². The fourth-order valence-corrected chi connectivity index (χ4v) is 2.99. The van der Waals surface area contributed by atoms with E-state index in [4.69, 9.17) is 12.2 Å². The summed E-state index contributed by atoms with van der Waals surface area (Å²) < 4.78 is 1.46. The SMILES string of the molecule is Cc1ccc(C(=S)c2cccc(Cn3ncccc3=O)c2C)cc1. The number of aryl methyl sites for hydroxylation is 1. The Hall–Kier alpha value is -2.59. The minimum Gasteiger partial charge on any atom is -0.268 e. The van der Waals surface area contributed by atoms with E-state index >= 15 is 0 Å². The van der Waals surface area contributed by atoms with Crippen LogP contribution in [-0.2, 0) is 6.54 Å². The van der Waals surface area contributed by atoms with Crippen LogP contribution in [0.2, 0.25) is 0 Å². The third kappa shape index (κ3) is 3.34. The Morgan fingerprint density at radius 3 is 2.50 bits per heavy atom. The summed E-state index contributed by atoms with van der Waals surface area (Å²) in [6, 6.07) is 17.4.